The van der Waals surface area contributed by atoms with Crippen LogP contribution in [0.1, 0.15) is 29.2 Å². The fourth-order valence-electron chi connectivity index (χ4n) is 3.47. The first kappa shape index (κ1) is 14.1. The van der Waals surface area contributed by atoms with E-state index in [-0.39, 0.29) is 0 Å². The van der Waals surface area contributed by atoms with Crippen molar-refractivity contribution >= 4 is 5.88 Å². The Hall–Kier alpha value is -2.55. The van der Waals surface area contributed by atoms with Gasteiger partial charge in [-0.05, 0) is 41.9 Å². The topological polar surface area (TPSA) is 38.1 Å². The van der Waals surface area contributed by atoms with E-state index >= 15 is 0 Å². The Morgan fingerprint density at radius 2 is 1.74 bits per heavy atom. The highest BCUT2D eigenvalue weighted by atomic mass is 16.5. The highest BCUT2D eigenvalue weighted by Crippen LogP contribution is 2.36. The van der Waals surface area contributed by atoms with E-state index < -0.39 is 0 Å². The molecule has 1 aliphatic carbocycles. The Bertz CT molecular complexity index is 777. The number of fused-ring (bicyclic) bond motifs is 1. The molecule has 4 rings (SSSR count). The van der Waals surface area contributed by atoms with E-state index in [0.29, 0.717) is 5.92 Å². The van der Waals surface area contributed by atoms with Gasteiger partial charge in [0.05, 0.1) is 5.69 Å². The maximum absolute atomic E-state index is 5.37. The number of benzene rings is 2. The molecule has 0 bridgehead atoms. The van der Waals surface area contributed by atoms with Gasteiger partial charge < -0.3 is 9.84 Å². The van der Waals surface area contributed by atoms with Crippen molar-refractivity contribution in [2.45, 2.75) is 25.2 Å². The second-order valence-corrected chi connectivity index (χ2v) is 6.11. The quantitative estimate of drug-likeness (QED) is 0.765. The third-order valence-corrected chi connectivity index (χ3v) is 4.77. The molecular formula is C20H20N2O. The van der Waals surface area contributed by atoms with Crippen LogP contribution in [-0.2, 0) is 12.8 Å². The summed E-state index contributed by atoms with van der Waals surface area (Å²) < 4.78 is 5.37. The van der Waals surface area contributed by atoms with Crippen molar-refractivity contribution in [3.63, 3.8) is 0 Å². The molecule has 3 nitrogen and oxygen atoms in total. The third kappa shape index (κ3) is 2.63. The fourth-order valence-corrected chi connectivity index (χ4v) is 3.47. The average Bonchev–Trinajstić information content (AvgIpc) is 3.05. The Morgan fingerprint density at radius 1 is 1.00 bits per heavy atom. The largest absolute Gasteiger partial charge is 0.357 e. The molecule has 23 heavy (non-hydrogen) atoms. The zero-order valence-corrected chi connectivity index (χ0v) is 13.3. The molecule has 116 valence electrons. The number of nitrogens with zero attached hydrogens (tertiary/aromatic N) is 1. The molecule has 0 spiro atoms. The molecule has 0 amide bonds. The van der Waals surface area contributed by atoms with Crippen LogP contribution in [0.4, 0.5) is 5.88 Å². The summed E-state index contributed by atoms with van der Waals surface area (Å²) in [6, 6.07) is 19.5. The molecule has 3 heteroatoms. The monoisotopic (exact) mass is 304 g/mol. The lowest BCUT2D eigenvalue weighted by atomic mass is 9.82. The minimum absolute atomic E-state index is 0.541. The first-order chi connectivity index (χ1) is 11.3. The van der Waals surface area contributed by atoms with Gasteiger partial charge in [0, 0.05) is 12.6 Å². The van der Waals surface area contributed by atoms with Gasteiger partial charge in [-0.15, -0.1) is 0 Å². The van der Waals surface area contributed by atoms with Gasteiger partial charge >= 0.3 is 0 Å². The number of rotatable bonds is 3. The van der Waals surface area contributed by atoms with Crippen molar-refractivity contribution in [1.29, 1.82) is 0 Å². The summed E-state index contributed by atoms with van der Waals surface area (Å²) in [5, 5.41) is 7.28. The van der Waals surface area contributed by atoms with E-state index in [1.165, 1.54) is 22.3 Å². The van der Waals surface area contributed by atoms with Crippen molar-refractivity contribution in [1.82, 2.24) is 5.16 Å². The van der Waals surface area contributed by atoms with Crippen LogP contribution in [0.25, 0.3) is 11.1 Å². The van der Waals surface area contributed by atoms with Gasteiger partial charge in [-0.1, -0.05) is 59.8 Å². The molecule has 2 aromatic carbocycles. The van der Waals surface area contributed by atoms with Crippen LogP contribution in [-0.4, -0.2) is 12.2 Å². The summed E-state index contributed by atoms with van der Waals surface area (Å²) in [5.41, 5.74) is 6.30. The number of anilines is 1. The standard InChI is InChI=1S/C20H20N2O/c1-21-20-18-13-17(11-12-19(18)22-23-20)16-9-7-15(8-10-16)14-5-3-2-4-6-14/h2-10,17,21H,11-13H2,1H3. The molecule has 1 aromatic heterocycles. The third-order valence-electron chi connectivity index (χ3n) is 4.77. The lowest BCUT2D eigenvalue weighted by molar-refractivity contribution is 0.424. The van der Waals surface area contributed by atoms with Crippen LogP contribution in [0.15, 0.2) is 59.1 Å². The molecule has 0 aliphatic heterocycles. The van der Waals surface area contributed by atoms with Crippen molar-refractivity contribution < 1.29 is 4.52 Å². The molecule has 3 aromatic rings. The highest BCUT2D eigenvalue weighted by Gasteiger charge is 2.26. The van der Waals surface area contributed by atoms with E-state index in [4.69, 9.17) is 4.52 Å². The summed E-state index contributed by atoms with van der Waals surface area (Å²) in [6.07, 6.45) is 3.12. The lowest BCUT2D eigenvalue weighted by Crippen LogP contribution is -2.12. The van der Waals surface area contributed by atoms with E-state index in [9.17, 15) is 0 Å². The van der Waals surface area contributed by atoms with Gasteiger partial charge in [-0.2, -0.15) is 0 Å². The summed E-state index contributed by atoms with van der Waals surface area (Å²) in [6.45, 7) is 0. The van der Waals surface area contributed by atoms with Crippen molar-refractivity contribution in [2.24, 2.45) is 0 Å². The first-order valence-electron chi connectivity index (χ1n) is 8.15. The SMILES string of the molecule is CNc1onc2c1CC(c1ccc(-c3ccccc3)cc1)CC2. The molecule has 1 aliphatic rings. The number of hydrogen-bond acceptors (Lipinski definition) is 3. The minimum atomic E-state index is 0.541. The Balaban J connectivity index is 1.57. The summed E-state index contributed by atoms with van der Waals surface area (Å²) in [4.78, 5) is 0. The highest BCUT2D eigenvalue weighted by molar-refractivity contribution is 5.63. The molecule has 0 radical (unpaired) electrons. The summed E-state index contributed by atoms with van der Waals surface area (Å²) in [5.74, 6) is 1.37. The smallest absolute Gasteiger partial charge is 0.227 e. The molecule has 1 heterocycles. The normalized spacial score (nSPS) is 16.8. The second kappa shape index (κ2) is 5.92. The average molecular weight is 304 g/mol. The van der Waals surface area contributed by atoms with Crippen LogP contribution >= 0.6 is 0 Å². The zero-order chi connectivity index (χ0) is 15.6. The molecule has 0 saturated carbocycles. The number of hydrogen-bond donors (Lipinski definition) is 1. The predicted molar refractivity (Wildman–Crippen MR) is 92.7 cm³/mol. The Morgan fingerprint density at radius 3 is 2.48 bits per heavy atom. The number of aromatic nitrogens is 1. The van der Waals surface area contributed by atoms with Crippen LogP contribution in [0.3, 0.4) is 0 Å². The summed E-state index contributed by atoms with van der Waals surface area (Å²) >= 11 is 0. The van der Waals surface area contributed by atoms with E-state index in [1.807, 2.05) is 7.05 Å². The maximum atomic E-state index is 5.37. The van der Waals surface area contributed by atoms with Crippen LogP contribution in [0.5, 0.6) is 0 Å². The first-order valence-corrected chi connectivity index (χ1v) is 8.15. The van der Waals surface area contributed by atoms with Gasteiger partial charge in [0.25, 0.3) is 0 Å². The van der Waals surface area contributed by atoms with E-state index in [0.717, 1.165) is 30.8 Å². The predicted octanol–water partition coefficient (Wildman–Crippen LogP) is 4.66. The second-order valence-electron chi connectivity index (χ2n) is 6.11. The van der Waals surface area contributed by atoms with Crippen LogP contribution in [0.2, 0.25) is 0 Å². The van der Waals surface area contributed by atoms with Crippen LogP contribution < -0.4 is 5.32 Å². The number of nitrogens with one attached hydrogen (secondary N) is 1. The summed E-state index contributed by atoms with van der Waals surface area (Å²) in [7, 11) is 1.89. The molecule has 0 fully saturated rings. The molecule has 0 saturated heterocycles. The van der Waals surface area contributed by atoms with Gasteiger partial charge in [0.15, 0.2) is 0 Å². The van der Waals surface area contributed by atoms with Crippen molar-refractivity contribution in [3.8, 4) is 11.1 Å². The Labute approximate surface area is 136 Å². The zero-order valence-electron chi connectivity index (χ0n) is 13.3. The molecular weight excluding hydrogens is 284 g/mol. The minimum Gasteiger partial charge on any atom is -0.357 e. The lowest BCUT2D eigenvalue weighted by Gasteiger charge is -2.22. The van der Waals surface area contributed by atoms with E-state index in [2.05, 4.69) is 65.1 Å². The van der Waals surface area contributed by atoms with Gasteiger partial charge in [0.1, 0.15) is 0 Å². The van der Waals surface area contributed by atoms with Crippen LogP contribution in [0, 0.1) is 0 Å². The fraction of sp³-hybridized carbons (Fsp3) is 0.250. The maximum Gasteiger partial charge on any atom is 0.227 e. The van der Waals surface area contributed by atoms with Gasteiger partial charge in [-0.25, -0.2) is 0 Å². The van der Waals surface area contributed by atoms with E-state index in [1.54, 1.807) is 0 Å². The number of aryl methyl sites for hydroxylation is 1. The molecule has 1 atom stereocenters. The van der Waals surface area contributed by atoms with Gasteiger partial charge in [-0.3, -0.25) is 0 Å². The molecule has 1 unspecified atom stereocenters. The van der Waals surface area contributed by atoms with Gasteiger partial charge in [0.2, 0.25) is 5.88 Å². The Kier molecular flexibility index (Phi) is 3.62. The van der Waals surface area contributed by atoms with Crippen molar-refractivity contribution in [2.75, 3.05) is 12.4 Å². The molecule has 1 N–H and O–H groups in total. The van der Waals surface area contributed by atoms with Crippen molar-refractivity contribution in [3.05, 3.63) is 71.4 Å².